The number of benzene rings is 1. The van der Waals surface area contributed by atoms with Gasteiger partial charge in [0.25, 0.3) is 0 Å². The van der Waals surface area contributed by atoms with Crippen LogP contribution in [0.1, 0.15) is 10.4 Å². The smallest absolute Gasteiger partial charge is 0.343 e. The SMILES string of the molecule is COCCOc1cc(F)c(C(=O)OC)c(F)c1. The largest absolute Gasteiger partial charge is 0.491 e. The third kappa shape index (κ3) is 3.39. The first kappa shape index (κ1) is 13.4. The maximum atomic E-state index is 13.4. The van der Waals surface area contributed by atoms with Gasteiger partial charge in [0, 0.05) is 19.2 Å². The van der Waals surface area contributed by atoms with Gasteiger partial charge >= 0.3 is 5.97 Å². The van der Waals surface area contributed by atoms with Crippen LogP contribution in [-0.2, 0) is 9.47 Å². The summed E-state index contributed by atoms with van der Waals surface area (Å²) in [4.78, 5) is 11.1. The molecule has 0 unspecified atom stereocenters. The van der Waals surface area contributed by atoms with Gasteiger partial charge in [0.2, 0.25) is 0 Å². The first-order valence-electron chi connectivity index (χ1n) is 4.79. The van der Waals surface area contributed by atoms with Gasteiger partial charge in [0.15, 0.2) is 0 Å². The van der Waals surface area contributed by atoms with Gasteiger partial charge in [-0.25, -0.2) is 13.6 Å². The number of halogens is 2. The second-order valence-electron chi connectivity index (χ2n) is 3.09. The van der Waals surface area contributed by atoms with E-state index in [0.717, 1.165) is 19.2 Å². The highest BCUT2D eigenvalue weighted by molar-refractivity contribution is 5.90. The Labute approximate surface area is 97.1 Å². The minimum absolute atomic E-state index is 0.00953. The van der Waals surface area contributed by atoms with E-state index in [-0.39, 0.29) is 12.4 Å². The summed E-state index contributed by atoms with van der Waals surface area (Å²) in [5.74, 6) is -3.12. The standard InChI is InChI=1S/C11H12F2O4/c1-15-3-4-17-7-5-8(12)10(9(13)6-7)11(14)16-2/h5-6H,3-4H2,1-2H3. The van der Waals surface area contributed by atoms with Gasteiger partial charge in [0.05, 0.1) is 13.7 Å². The summed E-state index contributed by atoms with van der Waals surface area (Å²) in [5, 5.41) is 0. The fourth-order valence-electron chi connectivity index (χ4n) is 1.17. The highest BCUT2D eigenvalue weighted by Crippen LogP contribution is 2.21. The molecule has 0 saturated carbocycles. The number of hydrogen-bond acceptors (Lipinski definition) is 4. The number of esters is 1. The summed E-state index contributed by atoms with van der Waals surface area (Å²) in [7, 11) is 2.52. The van der Waals surface area contributed by atoms with Crippen molar-refractivity contribution < 1.29 is 27.8 Å². The molecule has 0 amide bonds. The van der Waals surface area contributed by atoms with Gasteiger partial charge in [-0.15, -0.1) is 0 Å². The van der Waals surface area contributed by atoms with Crippen LogP contribution in [0.2, 0.25) is 0 Å². The lowest BCUT2D eigenvalue weighted by Crippen LogP contribution is -2.10. The molecule has 1 aromatic carbocycles. The molecule has 17 heavy (non-hydrogen) atoms. The van der Waals surface area contributed by atoms with Crippen LogP contribution < -0.4 is 4.74 Å². The van der Waals surface area contributed by atoms with Crippen LogP contribution >= 0.6 is 0 Å². The highest BCUT2D eigenvalue weighted by atomic mass is 19.1. The van der Waals surface area contributed by atoms with Crippen molar-refractivity contribution >= 4 is 5.97 Å². The molecule has 0 N–H and O–H groups in total. The van der Waals surface area contributed by atoms with Gasteiger partial charge in [-0.1, -0.05) is 0 Å². The third-order valence-corrected chi connectivity index (χ3v) is 1.96. The lowest BCUT2D eigenvalue weighted by atomic mass is 10.2. The van der Waals surface area contributed by atoms with Crippen LogP contribution in [0.15, 0.2) is 12.1 Å². The van der Waals surface area contributed by atoms with Crippen LogP contribution in [-0.4, -0.2) is 33.4 Å². The van der Waals surface area contributed by atoms with Crippen molar-refractivity contribution in [2.24, 2.45) is 0 Å². The van der Waals surface area contributed by atoms with Crippen molar-refractivity contribution in [3.63, 3.8) is 0 Å². The summed E-state index contributed by atoms with van der Waals surface area (Å²) in [6, 6.07) is 1.84. The van der Waals surface area contributed by atoms with E-state index >= 15 is 0 Å². The maximum Gasteiger partial charge on any atom is 0.343 e. The molecule has 0 aliphatic rings. The molecule has 0 bridgehead atoms. The van der Waals surface area contributed by atoms with E-state index in [1.54, 1.807) is 0 Å². The van der Waals surface area contributed by atoms with E-state index < -0.39 is 23.2 Å². The van der Waals surface area contributed by atoms with Crippen molar-refractivity contribution in [1.82, 2.24) is 0 Å². The van der Waals surface area contributed by atoms with Gasteiger partial charge < -0.3 is 14.2 Å². The summed E-state index contributed by atoms with van der Waals surface area (Å²) >= 11 is 0. The maximum absolute atomic E-state index is 13.4. The Balaban J connectivity index is 2.89. The lowest BCUT2D eigenvalue weighted by molar-refractivity contribution is 0.0589. The molecule has 0 fully saturated rings. The second-order valence-corrected chi connectivity index (χ2v) is 3.09. The van der Waals surface area contributed by atoms with Gasteiger partial charge in [-0.05, 0) is 0 Å². The van der Waals surface area contributed by atoms with Crippen LogP contribution in [0.4, 0.5) is 8.78 Å². The van der Waals surface area contributed by atoms with Crippen molar-refractivity contribution in [2.45, 2.75) is 0 Å². The molecule has 1 rings (SSSR count). The predicted octanol–water partition coefficient (Wildman–Crippen LogP) is 1.78. The number of rotatable bonds is 5. The van der Waals surface area contributed by atoms with Crippen molar-refractivity contribution in [2.75, 3.05) is 27.4 Å². The second kappa shape index (κ2) is 6.15. The van der Waals surface area contributed by atoms with Gasteiger partial charge in [0.1, 0.15) is 29.6 Å². The third-order valence-electron chi connectivity index (χ3n) is 1.96. The van der Waals surface area contributed by atoms with E-state index in [0.29, 0.717) is 6.61 Å². The Morgan fingerprint density at radius 2 is 1.76 bits per heavy atom. The van der Waals surface area contributed by atoms with Crippen LogP contribution in [0, 0.1) is 11.6 Å². The first-order chi connectivity index (χ1) is 8.10. The molecular weight excluding hydrogens is 234 g/mol. The molecule has 0 spiro atoms. The molecule has 0 aliphatic carbocycles. The molecule has 94 valence electrons. The van der Waals surface area contributed by atoms with E-state index in [2.05, 4.69) is 4.74 Å². The van der Waals surface area contributed by atoms with Crippen molar-refractivity contribution in [3.8, 4) is 5.75 Å². The molecule has 1 aromatic rings. The van der Waals surface area contributed by atoms with E-state index in [1.165, 1.54) is 7.11 Å². The topological polar surface area (TPSA) is 44.8 Å². The number of ether oxygens (including phenoxy) is 3. The highest BCUT2D eigenvalue weighted by Gasteiger charge is 2.19. The van der Waals surface area contributed by atoms with Crippen LogP contribution in [0.3, 0.4) is 0 Å². The Hall–Kier alpha value is -1.69. The molecule has 0 aliphatic heterocycles. The molecule has 0 heterocycles. The normalized spacial score (nSPS) is 10.1. The van der Waals surface area contributed by atoms with E-state index in [4.69, 9.17) is 9.47 Å². The minimum Gasteiger partial charge on any atom is -0.491 e. The summed E-state index contributed by atoms with van der Waals surface area (Å²) < 4.78 is 40.8. The molecule has 0 radical (unpaired) electrons. The molecule has 6 heteroatoms. The Morgan fingerprint density at radius 3 is 2.24 bits per heavy atom. The zero-order valence-electron chi connectivity index (χ0n) is 9.46. The first-order valence-corrected chi connectivity index (χ1v) is 4.79. The average molecular weight is 246 g/mol. The molecular formula is C11H12F2O4. The van der Waals surface area contributed by atoms with Crippen molar-refractivity contribution in [3.05, 3.63) is 29.3 Å². The predicted molar refractivity (Wildman–Crippen MR) is 55.1 cm³/mol. The fraction of sp³-hybridized carbons (Fsp3) is 0.364. The monoisotopic (exact) mass is 246 g/mol. The zero-order chi connectivity index (χ0) is 12.8. The minimum atomic E-state index is -1.07. The number of carbonyl (C=O) groups excluding carboxylic acids is 1. The quantitative estimate of drug-likeness (QED) is 0.586. The van der Waals surface area contributed by atoms with E-state index in [9.17, 15) is 13.6 Å². The summed E-state index contributed by atoms with van der Waals surface area (Å²) in [6.07, 6.45) is 0. The van der Waals surface area contributed by atoms with Crippen LogP contribution in [0.25, 0.3) is 0 Å². The Morgan fingerprint density at radius 1 is 1.18 bits per heavy atom. The zero-order valence-corrected chi connectivity index (χ0v) is 9.46. The lowest BCUT2D eigenvalue weighted by Gasteiger charge is -2.08. The number of hydrogen-bond donors (Lipinski definition) is 0. The number of carbonyl (C=O) groups is 1. The van der Waals surface area contributed by atoms with Gasteiger partial charge in [-0.3, -0.25) is 0 Å². The summed E-state index contributed by atoms with van der Waals surface area (Å²) in [5.41, 5.74) is -0.730. The molecule has 4 nitrogen and oxygen atoms in total. The van der Waals surface area contributed by atoms with E-state index in [1.807, 2.05) is 0 Å². The average Bonchev–Trinajstić information content (AvgIpc) is 2.28. The molecule has 0 saturated heterocycles. The van der Waals surface area contributed by atoms with Crippen LogP contribution in [0.5, 0.6) is 5.75 Å². The fourth-order valence-corrected chi connectivity index (χ4v) is 1.17. The number of methoxy groups -OCH3 is 2. The van der Waals surface area contributed by atoms with Crippen molar-refractivity contribution in [1.29, 1.82) is 0 Å². The Bertz CT molecular complexity index is 383. The van der Waals surface area contributed by atoms with Gasteiger partial charge in [-0.2, -0.15) is 0 Å². The summed E-state index contributed by atoms with van der Waals surface area (Å²) in [6.45, 7) is 0.453. The molecule has 0 aromatic heterocycles. The Kier molecular flexibility index (Phi) is 4.84. The molecule has 0 atom stereocenters.